The summed E-state index contributed by atoms with van der Waals surface area (Å²) < 4.78 is 0. The zero-order chi connectivity index (χ0) is 14.7. The summed E-state index contributed by atoms with van der Waals surface area (Å²) in [6.07, 6.45) is 11.4. The zero-order valence-corrected chi connectivity index (χ0v) is 12.3. The first kappa shape index (κ1) is 14.3. The van der Waals surface area contributed by atoms with Gasteiger partial charge >= 0.3 is 0 Å². The molecule has 114 valence electrons. The third-order valence-corrected chi connectivity index (χ3v) is 4.80. The molecule has 0 aromatic carbocycles. The zero-order valence-electron chi connectivity index (χ0n) is 12.3. The van der Waals surface area contributed by atoms with Crippen LogP contribution in [-0.2, 0) is 4.79 Å². The number of carbonyl (C=O) groups excluding carboxylic acids is 2. The highest BCUT2D eigenvalue weighted by Gasteiger charge is 2.48. The maximum Gasteiger partial charge on any atom is 0.223 e. The van der Waals surface area contributed by atoms with E-state index < -0.39 is 0 Å². The molecule has 1 heterocycles. The molecule has 0 bridgehead atoms. The van der Waals surface area contributed by atoms with Crippen molar-refractivity contribution in [1.82, 2.24) is 15.3 Å². The van der Waals surface area contributed by atoms with Gasteiger partial charge in [-0.3, -0.25) is 9.59 Å². The Morgan fingerprint density at radius 1 is 1.24 bits per heavy atom. The Balaban J connectivity index is 1.38. The van der Waals surface area contributed by atoms with Crippen LogP contribution >= 0.6 is 0 Å². The SMILES string of the molecule is O=C(c1cnc[nH]1)[C@H]1C[C@H]1C(=O)NCCC1CCCCC1. The molecular formula is C16H23N3O2. The number of aromatic amines is 1. The van der Waals surface area contributed by atoms with Crippen molar-refractivity contribution in [3.8, 4) is 0 Å². The van der Waals surface area contributed by atoms with Crippen molar-refractivity contribution in [1.29, 1.82) is 0 Å². The average Bonchev–Trinajstić information content (AvgIpc) is 3.13. The fourth-order valence-corrected chi connectivity index (χ4v) is 3.37. The van der Waals surface area contributed by atoms with Crippen molar-refractivity contribution >= 4 is 11.7 Å². The Morgan fingerprint density at radius 3 is 2.76 bits per heavy atom. The molecule has 1 aromatic rings. The molecule has 2 atom stereocenters. The summed E-state index contributed by atoms with van der Waals surface area (Å²) in [5, 5.41) is 3.01. The van der Waals surface area contributed by atoms with Gasteiger partial charge in [0.25, 0.3) is 0 Å². The van der Waals surface area contributed by atoms with E-state index in [2.05, 4.69) is 15.3 Å². The molecule has 2 saturated carbocycles. The van der Waals surface area contributed by atoms with E-state index in [9.17, 15) is 9.59 Å². The number of hydrogen-bond acceptors (Lipinski definition) is 3. The maximum absolute atomic E-state index is 12.1. The van der Waals surface area contributed by atoms with Gasteiger partial charge in [-0.05, 0) is 18.8 Å². The van der Waals surface area contributed by atoms with Gasteiger partial charge in [0.2, 0.25) is 5.91 Å². The lowest BCUT2D eigenvalue weighted by Crippen LogP contribution is -2.29. The highest BCUT2D eigenvalue weighted by atomic mass is 16.2. The lowest BCUT2D eigenvalue weighted by molar-refractivity contribution is -0.122. The van der Waals surface area contributed by atoms with Crippen LogP contribution in [0.1, 0.15) is 55.4 Å². The molecule has 21 heavy (non-hydrogen) atoms. The molecule has 0 radical (unpaired) electrons. The van der Waals surface area contributed by atoms with Gasteiger partial charge in [0.1, 0.15) is 5.69 Å². The number of ketones is 1. The van der Waals surface area contributed by atoms with E-state index in [1.165, 1.54) is 44.6 Å². The number of H-pyrrole nitrogens is 1. The van der Waals surface area contributed by atoms with Crippen molar-refractivity contribution in [2.45, 2.75) is 44.9 Å². The standard InChI is InChI=1S/C16H23N3O2/c20-15(14-9-17-10-19-14)12-8-13(12)16(21)18-7-6-11-4-2-1-3-5-11/h9-13H,1-8H2,(H,17,19)(H,18,21)/t12-,13+/m0/s1. The minimum Gasteiger partial charge on any atom is -0.356 e. The van der Waals surface area contributed by atoms with Gasteiger partial charge < -0.3 is 10.3 Å². The number of hydrogen-bond donors (Lipinski definition) is 2. The van der Waals surface area contributed by atoms with Crippen molar-refractivity contribution in [3.05, 3.63) is 18.2 Å². The van der Waals surface area contributed by atoms with Crippen LogP contribution in [-0.4, -0.2) is 28.2 Å². The van der Waals surface area contributed by atoms with Crippen LogP contribution in [0.2, 0.25) is 0 Å². The Morgan fingerprint density at radius 2 is 2.05 bits per heavy atom. The van der Waals surface area contributed by atoms with Crippen LogP contribution in [0.15, 0.2) is 12.5 Å². The van der Waals surface area contributed by atoms with E-state index in [0.29, 0.717) is 12.1 Å². The number of nitrogens with one attached hydrogen (secondary N) is 2. The number of Topliss-reactive ketones (excluding diaryl/α,β-unsaturated/α-hetero) is 1. The summed E-state index contributed by atoms with van der Waals surface area (Å²) in [5.41, 5.74) is 0.512. The fourth-order valence-electron chi connectivity index (χ4n) is 3.37. The first-order valence-corrected chi connectivity index (χ1v) is 8.06. The van der Waals surface area contributed by atoms with Gasteiger partial charge in [-0.2, -0.15) is 0 Å². The van der Waals surface area contributed by atoms with E-state index in [4.69, 9.17) is 0 Å². The van der Waals surface area contributed by atoms with Gasteiger partial charge in [0.15, 0.2) is 5.78 Å². The van der Waals surface area contributed by atoms with Crippen molar-refractivity contribution in [2.75, 3.05) is 6.54 Å². The van der Waals surface area contributed by atoms with E-state index >= 15 is 0 Å². The quantitative estimate of drug-likeness (QED) is 0.789. The first-order chi connectivity index (χ1) is 10.3. The lowest BCUT2D eigenvalue weighted by atomic mass is 9.87. The van der Waals surface area contributed by atoms with Gasteiger partial charge in [0.05, 0.1) is 12.5 Å². The Labute approximate surface area is 124 Å². The molecule has 0 aliphatic heterocycles. The Bertz CT molecular complexity index is 492. The number of nitrogens with zero attached hydrogens (tertiary/aromatic N) is 1. The summed E-state index contributed by atoms with van der Waals surface area (Å²) in [4.78, 5) is 30.8. The van der Waals surface area contributed by atoms with Crippen molar-refractivity contribution < 1.29 is 9.59 Å². The molecule has 5 nitrogen and oxygen atoms in total. The fraction of sp³-hybridized carbons (Fsp3) is 0.688. The molecule has 0 saturated heterocycles. The number of aromatic nitrogens is 2. The number of carbonyl (C=O) groups is 2. The Hall–Kier alpha value is -1.65. The van der Waals surface area contributed by atoms with E-state index in [-0.39, 0.29) is 23.5 Å². The summed E-state index contributed by atoms with van der Waals surface area (Å²) in [6, 6.07) is 0. The summed E-state index contributed by atoms with van der Waals surface area (Å²) in [7, 11) is 0. The monoisotopic (exact) mass is 289 g/mol. The first-order valence-electron chi connectivity index (χ1n) is 8.06. The molecule has 0 unspecified atom stereocenters. The molecule has 2 aliphatic rings. The highest BCUT2D eigenvalue weighted by Crippen LogP contribution is 2.40. The predicted octanol–water partition coefficient (Wildman–Crippen LogP) is 2.32. The van der Waals surface area contributed by atoms with Gasteiger partial charge in [-0.15, -0.1) is 0 Å². The van der Waals surface area contributed by atoms with Crippen LogP contribution < -0.4 is 5.32 Å². The molecular weight excluding hydrogens is 266 g/mol. The summed E-state index contributed by atoms with van der Waals surface area (Å²) in [6.45, 7) is 0.755. The van der Waals surface area contributed by atoms with Gasteiger partial charge in [0, 0.05) is 18.4 Å². The molecule has 2 N–H and O–H groups in total. The lowest BCUT2D eigenvalue weighted by Gasteiger charge is -2.21. The number of rotatable bonds is 6. The van der Waals surface area contributed by atoms with Crippen molar-refractivity contribution in [3.63, 3.8) is 0 Å². The molecule has 3 rings (SSSR count). The second-order valence-electron chi connectivity index (χ2n) is 6.36. The average molecular weight is 289 g/mol. The van der Waals surface area contributed by atoms with Crippen LogP contribution in [0.3, 0.4) is 0 Å². The maximum atomic E-state index is 12.1. The van der Waals surface area contributed by atoms with Crippen LogP contribution in [0.4, 0.5) is 0 Å². The second-order valence-corrected chi connectivity index (χ2v) is 6.36. The van der Waals surface area contributed by atoms with E-state index in [1.807, 2.05) is 0 Å². The largest absolute Gasteiger partial charge is 0.356 e. The molecule has 2 fully saturated rings. The second kappa shape index (κ2) is 6.41. The summed E-state index contributed by atoms with van der Waals surface area (Å²) in [5.74, 6) is 0.552. The van der Waals surface area contributed by atoms with Crippen LogP contribution in [0, 0.1) is 17.8 Å². The Kier molecular flexibility index (Phi) is 4.36. The normalized spacial score (nSPS) is 25.5. The minimum absolute atomic E-state index is 0.0138. The number of imidazole rings is 1. The molecule has 2 aliphatic carbocycles. The predicted molar refractivity (Wildman–Crippen MR) is 78.7 cm³/mol. The molecule has 0 spiro atoms. The van der Waals surface area contributed by atoms with Crippen LogP contribution in [0.5, 0.6) is 0 Å². The minimum atomic E-state index is -0.153. The molecule has 1 aromatic heterocycles. The summed E-state index contributed by atoms with van der Waals surface area (Å²) >= 11 is 0. The van der Waals surface area contributed by atoms with Crippen molar-refractivity contribution in [2.24, 2.45) is 17.8 Å². The topological polar surface area (TPSA) is 74.8 Å². The third-order valence-electron chi connectivity index (χ3n) is 4.80. The smallest absolute Gasteiger partial charge is 0.223 e. The van der Waals surface area contributed by atoms with Gasteiger partial charge in [-0.1, -0.05) is 32.1 Å². The van der Waals surface area contributed by atoms with E-state index in [0.717, 1.165) is 18.9 Å². The molecule has 5 heteroatoms. The van der Waals surface area contributed by atoms with Crippen LogP contribution in [0.25, 0.3) is 0 Å². The third kappa shape index (κ3) is 3.52. The van der Waals surface area contributed by atoms with Gasteiger partial charge in [-0.25, -0.2) is 4.98 Å². The molecule has 1 amide bonds. The highest BCUT2D eigenvalue weighted by molar-refractivity contribution is 6.02. The number of amides is 1. The van der Waals surface area contributed by atoms with E-state index in [1.54, 1.807) is 0 Å².